The molecule has 0 bridgehead atoms. The number of benzene rings is 1. The Balaban J connectivity index is 1.76. The molecule has 0 saturated carbocycles. The lowest BCUT2D eigenvalue weighted by atomic mass is 10.0. The van der Waals surface area contributed by atoms with Crippen LogP contribution in [0.1, 0.15) is 36.1 Å². The molecule has 4 rings (SSSR count). The highest BCUT2D eigenvalue weighted by Crippen LogP contribution is 2.31. The molecule has 0 spiro atoms. The van der Waals surface area contributed by atoms with Gasteiger partial charge in [-0.3, -0.25) is 9.36 Å². The van der Waals surface area contributed by atoms with E-state index in [-0.39, 0.29) is 24.2 Å². The first-order valence-electron chi connectivity index (χ1n) is 10.4. The highest BCUT2D eigenvalue weighted by Gasteiger charge is 2.26. The number of rotatable bonds is 6. The van der Waals surface area contributed by atoms with E-state index in [2.05, 4.69) is 10.3 Å². The minimum Gasteiger partial charge on any atom is -0.378 e. The molecule has 0 saturated heterocycles. The van der Waals surface area contributed by atoms with E-state index in [1.807, 2.05) is 0 Å². The monoisotopic (exact) mass is 492 g/mol. The van der Waals surface area contributed by atoms with Crippen molar-refractivity contribution in [2.24, 2.45) is 7.05 Å². The van der Waals surface area contributed by atoms with E-state index in [0.717, 1.165) is 12.3 Å². The molecule has 1 aromatic carbocycles. The first-order valence-corrected chi connectivity index (χ1v) is 12.3. The second-order valence-electron chi connectivity index (χ2n) is 8.22. The van der Waals surface area contributed by atoms with Crippen LogP contribution in [0.5, 0.6) is 0 Å². The van der Waals surface area contributed by atoms with Crippen LogP contribution < -0.4 is 10.9 Å². The van der Waals surface area contributed by atoms with E-state index in [0.29, 0.717) is 27.9 Å². The number of pyridine rings is 2. The quantitative estimate of drug-likeness (QED) is 0.565. The third-order valence-electron chi connectivity index (χ3n) is 5.95. The van der Waals surface area contributed by atoms with Crippen LogP contribution in [0.2, 0.25) is 0 Å². The predicted molar refractivity (Wildman–Crippen MR) is 125 cm³/mol. The lowest BCUT2D eigenvalue weighted by Crippen LogP contribution is -2.28. The Labute approximate surface area is 194 Å². The van der Waals surface area contributed by atoms with Crippen LogP contribution in [0, 0.1) is 5.82 Å². The maximum absolute atomic E-state index is 14.7. The number of alkyl halides is 2. The fraction of sp³-hybridized carbons (Fsp3) is 0.304. The number of anilines is 1. The van der Waals surface area contributed by atoms with Crippen molar-refractivity contribution in [1.29, 1.82) is 0 Å². The molecule has 3 heterocycles. The van der Waals surface area contributed by atoms with Crippen molar-refractivity contribution in [2.75, 3.05) is 24.7 Å². The molecule has 0 fully saturated rings. The van der Waals surface area contributed by atoms with Gasteiger partial charge in [-0.1, -0.05) is 24.3 Å². The van der Waals surface area contributed by atoms with Crippen LogP contribution in [0.15, 0.2) is 47.4 Å². The smallest absolute Gasteiger partial charge is 0.266 e. The maximum Gasteiger partial charge on any atom is 0.266 e. The highest BCUT2D eigenvalue weighted by molar-refractivity contribution is 7.88. The third kappa shape index (κ3) is 4.32. The van der Waals surface area contributed by atoms with Crippen molar-refractivity contribution < 1.29 is 21.6 Å². The molecule has 180 valence electrons. The van der Waals surface area contributed by atoms with Crippen LogP contribution >= 0.6 is 0 Å². The fourth-order valence-corrected chi connectivity index (χ4v) is 4.79. The van der Waals surface area contributed by atoms with Gasteiger partial charge in [0.15, 0.2) is 0 Å². The average Bonchev–Trinajstić information content (AvgIpc) is 3.27. The summed E-state index contributed by atoms with van der Waals surface area (Å²) in [6.07, 6.45) is 1.36. The zero-order valence-corrected chi connectivity index (χ0v) is 19.5. The number of fused-ring (bicyclic) bond motifs is 1. The number of nitrogens with zero attached hydrogens (tertiary/aromatic N) is 3. The van der Waals surface area contributed by atoms with Crippen molar-refractivity contribution in [1.82, 2.24) is 13.9 Å². The number of nitrogens with one attached hydrogen (secondary N) is 1. The predicted octanol–water partition coefficient (Wildman–Crippen LogP) is 3.84. The van der Waals surface area contributed by atoms with Gasteiger partial charge in [0.25, 0.3) is 12.0 Å². The van der Waals surface area contributed by atoms with Crippen LogP contribution in [0.25, 0.3) is 16.6 Å². The molecule has 0 amide bonds. The summed E-state index contributed by atoms with van der Waals surface area (Å²) < 4.78 is 67.3. The molecule has 34 heavy (non-hydrogen) atoms. The van der Waals surface area contributed by atoms with Gasteiger partial charge in [-0.05, 0) is 24.6 Å². The van der Waals surface area contributed by atoms with E-state index in [4.69, 9.17) is 0 Å². The topological polar surface area (TPSA) is 84.3 Å². The van der Waals surface area contributed by atoms with Crippen LogP contribution in [0.4, 0.5) is 18.9 Å². The number of hydrogen-bond donors (Lipinski definition) is 1. The Morgan fingerprint density at radius 3 is 2.53 bits per heavy atom. The van der Waals surface area contributed by atoms with Gasteiger partial charge in [-0.25, -0.2) is 26.6 Å². The van der Waals surface area contributed by atoms with Gasteiger partial charge < -0.3 is 5.32 Å². The summed E-state index contributed by atoms with van der Waals surface area (Å²) in [4.78, 5) is 17.3. The second kappa shape index (κ2) is 8.88. The Morgan fingerprint density at radius 2 is 1.88 bits per heavy atom. The molecule has 1 aliphatic heterocycles. The molecule has 0 unspecified atom stereocenters. The van der Waals surface area contributed by atoms with Crippen molar-refractivity contribution in [2.45, 2.75) is 19.4 Å². The van der Waals surface area contributed by atoms with Crippen molar-refractivity contribution in [3.05, 3.63) is 75.5 Å². The van der Waals surface area contributed by atoms with E-state index >= 15 is 0 Å². The first kappa shape index (κ1) is 24.0. The lowest BCUT2D eigenvalue weighted by molar-refractivity contribution is 0.146. The molecule has 1 N–H and O–H groups in total. The summed E-state index contributed by atoms with van der Waals surface area (Å²) in [5.41, 5.74) is 0.875. The molecule has 11 heteroatoms. The minimum absolute atomic E-state index is 0.0740. The normalized spacial score (nSPS) is 15.7. The minimum atomic E-state index is -3.42. The Morgan fingerprint density at radius 1 is 1.18 bits per heavy atom. The van der Waals surface area contributed by atoms with Crippen LogP contribution in [-0.2, 0) is 17.1 Å². The zero-order chi connectivity index (χ0) is 24.8. The van der Waals surface area contributed by atoms with Gasteiger partial charge >= 0.3 is 0 Å². The average molecular weight is 493 g/mol. The van der Waals surface area contributed by atoms with Crippen molar-refractivity contribution >= 4 is 32.3 Å². The standard InChI is InChI=1S/C23H23F3N4O3S/c1-13(15-5-4-6-16(20(15)24)21(25)26)28-19-7-9-27-22-18(19)11-17(23(31)29(22)2)14-8-10-30(12-14)34(3,32)33/h4-9,11,13,21H,10,12H2,1-3H3,(H,27,28)/t13-/m1/s1. The lowest BCUT2D eigenvalue weighted by Gasteiger charge is -2.20. The maximum atomic E-state index is 14.7. The zero-order valence-electron chi connectivity index (χ0n) is 18.7. The third-order valence-corrected chi connectivity index (χ3v) is 7.16. The molecule has 0 aliphatic carbocycles. The molecule has 2 aromatic heterocycles. The number of halogens is 3. The Kier molecular flexibility index (Phi) is 6.26. The SMILES string of the molecule is C[C@@H](Nc1ccnc2c1cc(C1=CCN(S(C)(=O)=O)C1)c(=O)n2C)c1cccc(C(F)F)c1F. The largest absolute Gasteiger partial charge is 0.378 e. The summed E-state index contributed by atoms with van der Waals surface area (Å²) >= 11 is 0. The number of aryl methyl sites for hydroxylation is 1. The highest BCUT2D eigenvalue weighted by atomic mass is 32.2. The van der Waals surface area contributed by atoms with Gasteiger partial charge in [0, 0.05) is 48.5 Å². The molecule has 1 atom stereocenters. The number of aromatic nitrogens is 2. The molecular formula is C23H23F3N4O3S. The molecule has 0 radical (unpaired) electrons. The summed E-state index contributed by atoms with van der Waals surface area (Å²) in [5, 5.41) is 3.69. The van der Waals surface area contributed by atoms with Gasteiger partial charge in [-0.2, -0.15) is 4.31 Å². The number of sulfonamides is 1. The van der Waals surface area contributed by atoms with Gasteiger partial charge in [0.2, 0.25) is 10.0 Å². The molecule has 1 aliphatic rings. The molecular weight excluding hydrogens is 469 g/mol. The Bertz CT molecular complexity index is 1470. The summed E-state index contributed by atoms with van der Waals surface area (Å²) in [6.45, 7) is 1.89. The van der Waals surface area contributed by atoms with Crippen molar-refractivity contribution in [3.63, 3.8) is 0 Å². The van der Waals surface area contributed by atoms with Gasteiger partial charge in [-0.15, -0.1) is 0 Å². The van der Waals surface area contributed by atoms with Gasteiger partial charge in [0.05, 0.1) is 17.9 Å². The van der Waals surface area contributed by atoms with Gasteiger partial charge in [0.1, 0.15) is 11.5 Å². The van der Waals surface area contributed by atoms with E-state index in [9.17, 15) is 26.4 Å². The first-order chi connectivity index (χ1) is 16.0. The second-order valence-corrected chi connectivity index (χ2v) is 10.2. The summed E-state index contributed by atoms with van der Waals surface area (Å²) in [5.74, 6) is -0.971. The van der Waals surface area contributed by atoms with Crippen LogP contribution in [-0.4, -0.2) is 41.6 Å². The van der Waals surface area contributed by atoms with E-state index in [1.165, 1.54) is 27.2 Å². The van der Waals surface area contributed by atoms with E-state index < -0.39 is 33.9 Å². The summed E-state index contributed by atoms with van der Waals surface area (Å²) in [7, 11) is -1.86. The molecule has 7 nitrogen and oxygen atoms in total. The fourth-order valence-electron chi connectivity index (χ4n) is 4.07. The summed E-state index contributed by atoms with van der Waals surface area (Å²) in [6, 6.07) is 6.47. The molecule has 3 aromatic rings. The van der Waals surface area contributed by atoms with Crippen LogP contribution in [0.3, 0.4) is 0 Å². The van der Waals surface area contributed by atoms with E-state index in [1.54, 1.807) is 32.2 Å². The van der Waals surface area contributed by atoms with Crippen molar-refractivity contribution in [3.8, 4) is 0 Å². The Hall–Kier alpha value is -3.18. The number of hydrogen-bond acceptors (Lipinski definition) is 5.